The van der Waals surface area contributed by atoms with Crippen molar-refractivity contribution in [1.29, 1.82) is 0 Å². The van der Waals surface area contributed by atoms with Crippen LogP contribution in [0.1, 0.15) is 66.7 Å². The average Bonchev–Trinajstić information content (AvgIpc) is 2.56. The monoisotopic (exact) mass is 282 g/mol. The van der Waals surface area contributed by atoms with Crippen LogP contribution in [0, 0.1) is 11.8 Å². The molecule has 20 heavy (non-hydrogen) atoms. The lowest BCUT2D eigenvalue weighted by Crippen LogP contribution is -2.51. The van der Waals surface area contributed by atoms with Gasteiger partial charge in [0, 0.05) is 7.11 Å². The van der Waals surface area contributed by atoms with Gasteiger partial charge in [-0.2, -0.15) is 0 Å². The molecule has 2 rings (SSSR count). The first-order valence-corrected chi connectivity index (χ1v) is 7.91. The second kappa shape index (κ2) is 5.10. The standard InChI is InChI=1S/C17H30O3/c1-12-8-7-9-17(10-12,19-6)14(18)13-11-15(2,3)20-16(13,4)5/h12-13H,7-11H2,1-6H3. The molecular formula is C17H30O3. The molecule has 0 amide bonds. The van der Waals surface area contributed by atoms with Crippen LogP contribution in [0.3, 0.4) is 0 Å². The second-order valence-electron chi connectivity index (χ2n) is 7.99. The third-order valence-corrected chi connectivity index (χ3v) is 5.19. The van der Waals surface area contributed by atoms with Gasteiger partial charge in [-0.3, -0.25) is 4.79 Å². The number of hydrogen-bond acceptors (Lipinski definition) is 3. The molecule has 0 N–H and O–H groups in total. The van der Waals surface area contributed by atoms with E-state index in [1.165, 1.54) is 6.42 Å². The predicted molar refractivity (Wildman–Crippen MR) is 79.7 cm³/mol. The van der Waals surface area contributed by atoms with Crippen molar-refractivity contribution in [2.45, 2.75) is 83.5 Å². The molecule has 116 valence electrons. The number of Topliss-reactive ketones (excluding diaryl/α,β-unsaturated/α-hetero) is 1. The Kier molecular flexibility index (Phi) is 4.07. The van der Waals surface area contributed by atoms with E-state index in [2.05, 4.69) is 20.8 Å². The number of carbonyl (C=O) groups excluding carboxylic acids is 1. The zero-order valence-corrected chi connectivity index (χ0v) is 13.9. The van der Waals surface area contributed by atoms with E-state index >= 15 is 0 Å². The third kappa shape index (κ3) is 2.80. The molecule has 2 fully saturated rings. The molecule has 0 aromatic carbocycles. The van der Waals surface area contributed by atoms with Crippen LogP contribution >= 0.6 is 0 Å². The molecule has 3 unspecified atom stereocenters. The molecular weight excluding hydrogens is 252 g/mol. The minimum Gasteiger partial charge on any atom is -0.370 e. The second-order valence-corrected chi connectivity index (χ2v) is 7.99. The highest BCUT2D eigenvalue weighted by atomic mass is 16.5. The van der Waals surface area contributed by atoms with Gasteiger partial charge in [-0.25, -0.2) is 0 Å². The summed E-state index contributed by atoms with van der Waals surface area (Å²) in [5, 5.41) is 0. The van der Waals surface area contributed by atoms with E-state index in [1.54, 1.807) is 7.11 Å². The van der Waals surface area contributed by atoms with Gasteiger partial charge in [-0.15, -0.1) is 0 Å². The van der Waals surface area contributed by atoms with E-state index in [0.29, 0.717) is 5.92 Å². The Hall–Kier alpha value is -0.410. The fraction of sp³-hybridized carbons (Fsp3) is 0.941. The Balaban J connectivity index is 2.25. The number of rotatable bonds is 3. The van der Waals surface area contributed by atoms with Crippen molar-refractivity contribution >= 4 is 5.78 Å². The Bertz CT molecular complexity index is 386. The number of hydrogen-bond donors (Lipinski definition) is 0. The minimum atomic E-state index is -0.580. The first kappa shape index (κ1) is 16.0. The molecule has 0 bridgehead atoms. The van der Waals surface area contributed by atoms with Crippen LogP contribution in [0.4, 0.5) is 0 Å². The van der Waals surface area contributed by atoms with Gasteiger partial charge in [0.1, 0.15) is 5.60 Å². The maximum Gasteiger partial charge on any atom is 0.170 e. The topological polar surface area (TPSA) is 35.5 Å². The van der Waals surface area contributed by atoms with Gasteiger partial charge in [0.15, 0.2) is 5.78 Å². The lowest BCUT2D eigenvalue weighted by Gasteiger charge is -2.41. The van der Waals surface area contributed by atoms with Gasteiger partial charge >= 0.3 is 0 Å². The molecule has 1 saturated heterocycles. The fourth-order valence-corrected chi connectivity index (χ4v) is 4.30. The zero-order valence-electron chi connectivity index (χ0n) is 13.9. The van der Waals surface area contributed by atoms with E-state index in [-0.39, 0.29) is 17.3 Å². The Labute approximate surface area is 123 Å². The van der Waals surface area contributed by atoms with Crippen LogP contribution in [-0.2, 0) is 14.3 Å². The van der Waals surface area contributed by atoms with E-state index in [9.17, 15) is 4.79 Å². The molecule has 0 aromatic rings. The smallest absolute Gasteiger partial charge is 0.170 e. The van der Waals surface area contributed by atoms with E-state index in [4.69, 9.17) is 9.47 Å². The van der Waals surface area contributed by atoms with Crippen LogP contribution in [0.15, 0.2) is 0 Å². The normalized spacial score (nSPS) is 39.7. The van der Waals surface area contributed by atoms with Crippen LogP contribution in [0.25, 0.3) is 0 Å². The summed E-state index contributed by atoms with van der Waals surface area (Å²) in [6.07, 6.45) is 4.79. The van der Waals surface area contributed by atoms with Crippen LogP contribution < -0.4 is 0 Å². The van der Waals surface area contributed by atoms with Crippen LogP contribution in [0.5, 0.6) is 0 Å². The Morgan fingerprint density at radius 2 is 1.85 bits per heavy atom. The summed E-state index contributed by atoms with van der Waals surface area (Å²) in [5.41, 5.74) is -1.20. The molecule has 0 radical (unpaired) electrons. The lowest BCUT2D eigenvalue weighted by atomic mass is 9.69. The van der Waals surface area contributed by atoms with Crippen LogP contribution in [-0.4, -0.2) is 29.7 Å². The first-order chi connectivity index (χ1) is 9.12. The van der Waals surface area contributed by atoms with Gasteiger partial charge in [0.05, 0.1) is 17.1 Å². The molecule has 3 heteroatoms. The van der Waals surface area contributed by atoms with Crippen molar-refractivity contribution in [2.24, 2.45) is 11.8 Å². The maximum absolute atomic E-state index is 13.2. The van der Waals surface area contributed by atoms with Crippen molar-refractivity contribution in [3.63, 3.8) is 0 Å². The Morgan fingerprint density at radius 3 is 2.30 bits per heavy atom. The number of methoxy groups -OCH3 is 1. The zero-order chi connectivity index (χ0) is 15.2. The van der Waals surface area contributed by atoms with Gasteiger partial charge in [0.25, 0.3) is 0 Å². The fourth-order valence-electron chi connectivity index (χ4n) is 4.30. The highest BCUT2D eigenvalue weighted by molar-refractivity contribution is 5.91. The molecule has 0 aromatic heterocycles. The number of ether oxygens (including phenoxy) is 2. The molecule has 1 aliphatic carbocycles. The largest absolute Gasteiger partial charge is 0.370 e. The van der Waals surface area contributed by atoms with Gasteiger partial charge in [-0.05, 0) is 59.3 Å². The summed E-state index contributed by atoms with van der Waals surface area (Å²) in [4.78, 5) is 13.2. The van der Waals surface area contributed by atoms with Crippen molar-refractivity contribution in [3.05, 3.63) is 0 Å². The first-order valence-electron chi connectivity index (χ1n) is 7.91. The van der Waals surface area contributed by atoms with Gasteiger partial charge in [-0.1, -0.05) is 13.3 Å². The molecule has 3 atom stereocenters. The molecule has 1 heterocycles. The SMILES string of the molecule is COC1(C(=O)C2CC(C)(C)OC2(C)C)CCCC(C)C1. The molecule has 1 saturated carbocycles. The summed E-state index contributed by atoms with van der Waals surface area (Å²) >= 11 is 0. The van der Waals surface area contributed by atoms with Gasteiger partial charge < -0.3 is 9.47 Å². The summed E-state index contributed by atoms with van der Waals surface area (Å²) in [7, 11) is 1.70. The van der Waals surface area contributed by atoms with E-state index in [1.807, 2.05) is 13.8 Å². The minimum absolute atomic E-state index is 0.0669. The van der Waals surface area contributed by atoms with Crippen molar-refractivity contribution < 1.29 is 14.3 Å². The van der Waals surface area contributed by atoms with Crippen molar-refractivity contribution in [2.75, 3.05) is 7.11 Å². The van der Waals surface area contributed by atoms with Gasteiger partial charge in [0.2, 0.25) is 0 Å². The Morgan fingerprint density at radius 1 is 1.20 bits per heavy atom. The summed E-state index contributed by atoms with van der Waals surface area (Å²) in [6.45, 7) is 10.5. The quantitative estimate of drug-likeness (QED) is 0.791. The number of carbonyl (C=O) groups is 1. The van der Waals surface area contributed by atoms with E-state index in [0.717, 1.165) is 25.7 Å². The third-order valence-electron chi connectivity index (χ3n) is 5.19. The molecule has 1 aliphatic heterocycles. The van der Waals surface area contributed by atoms with Crippen molar-refractivity contribution in [3.8, 4) is 0 Å². The predicted octanol–water partition coefficient (Wildman–Crippen LogP) is 3.74. The summed E-state index contributed by atoms with van der Waals surface area (Å²) < 4.78 is 11.9. The molecule has 2 aliphatic rings. The molecule has 3 nitrogen and oxygen atoms in total. The summed E-state index contributed by atoms with van der Waals surface area (Å²) in [6, 6.07) is 0. The van der Waals surface area contributed by atoms with E-state index < -0.39 is 11.2 Å². The highest BCUT2D eigenvalue weighted by Crippen LogP contribution is 2.47. The lowest BCUT2D eigenvalue weighted by molar-refractivity contribution is -0.157. The molecule has 0 spiro atoms. The average molecular weight is 282 g/mol. The number of ketones is 1. The highest BCUT2D eigenvalue weighted by Gasteiger charge is 2.55. The maximum atomic E-state index is 13.2. The van der Waals surface area contributed by atoms with Crippen LogP contribution in [0.2, 0.25) is 0 Å². The summed E-state index contributed by atoms with van der Waals surface area (Å²) in [5.74, 6) is 0.760. The van der Waals surface area contributed by atoms with Crippen molar-refractivity contribution in [1.82, 2.24) is 0 Å².